The van der Waals surface area contributed by atoms with Gasteiger partial charge < -0.3 is 14.4 Å². The molecule has 0 fully saturated rings. The average molecular weight is 1450 g/mol. The number of benzene rings is 14. The van der Waals surface area contributed by atoms with Gasteiger partial charge in [-0.25, -0.2) is 4.85 Å². The van der Waals surface area contributed by atoms with Crippen molar-refractivity contribution in [2.24, 2.45) is 0 Å². The quantitative estimate of drug-likeness (QED) is 0.101. The molecule has 0 aliphatic carbocycles. The standard InChI is InChI=1S/C106H94BN5/c1-102(2,3)78-39-25-35-72(53-78)87-58-76(69-33-24-30-67(52-69)66-108)59-88(73-36-26-40-79(54-73)103(4,5)6)100(87)111-95-62-71(68-31-18-17-19-32-68)48-50-91(95)107-92-51-49-84(110-93-46-22-20-44-85(93)86-45-21-23-47-94(86)110)65-96(92)112(98-64-82(106(13,14)15)63-97(111)99(98)107)101-89(74-37-27-41-80(55-74)104(7,8)9)60-77(70-34-29-43-83(57-70)109-16)61-90(101)75-38-28-42-81(56-75)105(10,11)12/h17-65H,1-15H3. The van der Waals surface area contributed by atoms with Crippen LogP contribution in [-0.2, 0) is 27.1 Å². The Morgan fingerprint density at radius 1 is 0.304 bits per heavy atom. The maximum atomic E-state index is 10.7. The number of aromatic nitrogens is 1. The van der Waals surface area contributed by atoms with Crippen molar-refractivity contribution < 1.29 is 0 Å². The first-order valence-electron chi connectivity index (χ1n) is 39.5. The first kappa shape index (κ1) is 72.4. The van der Waals surface area contributed by atoms with Gasteiger partial charge in [0, 0.05) is 61.5 Å². The number of para-hydroxylation sites is 2. The predicted octanol–water partition coefficient (Wildman–Crippen LogP) is 27.4. The third-order valence-corrected chi connectivity index (χ3v) is 23.3. The Morgan fingerprint density at radius 3 is 1.12 bits per heavy atom. The number of nitrogens with zero attached hydrogens (tertiary/aromatic N) is 5. The fourth-order valence-corrected chi connectivity index (χ4v) is 17.1. The Bertz CT molecular complexity index is 6180. The zero-order chi connectivity index (χ0) is 78.1. The molecule has 546 valence electrons. The molecule has 0 radical (unpaired) electrons. The zero-order valence-corrected chi connectivity index (χ0v) is 67.1. The summed E-state index contributed by atoms with van der Waals surface area (Å²) in [5, 5.41) is 13.1. The van der Waals surface area contributed by atoms with E-state index in [-0.39, 0.29) is 28.4 Å². The molecular weight excluding hydrogens is 1350 g/mol. The maximum Gasteiger partial charge on any atom is 0.252 e. The molecule has 14 aromatic carbocycles. The van der Waals surface area contributed by atoms with Gasteiger partial charge in [-0.15, -0.1) is 0 Å². The van der Waals surface area contributed by atoms with E-state index >= 15 is 0 Å². The lowest BCUT2D eigenvalue weighted by Gasteiger charge is -2.46. The summed E-state index contributed by atoms with van der Waals surface area (Å²) in [6.07, 6.45) is 0. The molecule has 1 aromatic heterocycles. The molecule has 6 heteroatoms. The number of fused-ring (bicyclic) bond motifs is 7. The van der Waals surface area contributed by atoms with Crippen molar-refractivity contribution in [3.8, 4) is 89.6 Å². The molecule has 0 saturated carbocycles. The monoisotopic (exact) mass is 1450 g/mol. The van der Waals surface area contributed by atoms with Crippen molar-refractivity contribution in [1.82, 2.24) is 4.57 Å². The summed E-state index contributed by atoms with van der Waals surface area (Å²) in [6.45, 7) is 43.0. The van der Waals surface area contributed by atoms with E-state index in [1.165, 1.54) is 55.0 Å². The van der Waals surface area contributed by atoms with Crippen LogP contribution >= 0.6 is 0 Å². The first-order chi connectivity index (χ1) is 53.6. The number of rotatable bonds is 10. The van der Waals surface area contributed by atoms with Crippen molar-refractivity contribution in [2.45, 2.75) is 131 Å². The van der Waals surface area contributed by atoms with Crippen LogP contribution in [0.5, 0.6) is 0 Å². The van der Waals surface area contributed by atoms with Gasteiger partial charge in [-0.05, 0) is 212 Å². The molecule has 0 amide bonds. The molecule has 5 nitrogen and oxygen atoms in total. The third kappa shape index (κ3) is 12.9. The fourth-order valence-electron chi connectivity index (χ4n) is 17.1. The van der Waals surface area contributed by atoms with Crippen LogP contribution < -0.4 is 26.2 Å². The molecule has 3 heterocycles. The molecule has 0 atom stereocenters. The minimum Gasteiger partial charge on any atom is -0.310 e. The lowest BCUT2D eigenvalue weighted by Crippen LogP contribution is -2.61. The van der Waals surface area contributed by atoms with Crippen LogP contribution in [0, 0.1) is 17.9 Å². The van der Waals surface area contributed by atoms with Gasteiger partial charge in [0.15, 0.2) is 5.69 Å². The summed E-state index contributed by atoms with van der Waals surface area (Å²) in [5.41, 5.74) is 34.3. The fraction of sp³-hybridized carbons (Fsp3) is 0.189. The van der Waals surface area contributed by atoms with Gasteiger partial charge in [-0.1, -0.05) is 316 Å². The highest BCUT2D eigenvalue weighted by atomic mass is 15.2. The van der Waals surface area contributed by atoms with Crippen LogP contribution in [0.3, 0.4) is 0 Å². The summed E-state index contributed by atoms with van der Waals surface area (Å²) in [7, 11) is 0. The van der Waals surface area contributed by atoms with Gasteiger partial charge in [-0.2, -0.15) is 5.26 Å². The molecule has 17 rings (SSSR count). The smallest absolute Gasteiger partial charge is 0.252 e. The molecule has 0 spiro atoms. The number of nitriles is 1. The van der Waals surface area contributed by atoms with Gasteiger partial charge in [0.05, 0.1) is 40.6 Å². The maximum absolute atomic E-state index is 10.7. The van der Waals surface area contributed by atoms with E-state index in [1.54, 1.807) is 0 Å². The van der Waals surface area contributed by atoms with Gasteiger partial charge in [0.25, 0.3) is 6.71 Å². The summed E-state index contributed by atoms with van der Waals surface area (Å²) in [6, 6.07) is 114. The van der Waals surface area contributed by atoms with Gasteiger partial charge in [0.1, 0.15) is 0 Å². The zero-order valence-electron chi connectivity index (χ0n) is 67.1. The second kappa shape index (κ2) is 27.2. The normalized spacial score (nSPS) is 12.9. The second-order valence-electron chi connectivity index (χ2n) is 36.1. The van der Waals surface area contributed by atoms with Crippen molar-refractivity contribution in [2.75, 3.05) is 9.80 Å². The van der Waals surface area contributed by atoms with E-state index in [9.17, 15) is 5.26 Å². The minimum absolute atomic E-state index is 0.188. The summed E-state index contributed by atoms with van der Waals surface area (Å²) < 4.78 is 2.49. The van der Waals surface area contributed by atoms with E-state index in [0.29, 0.717) is 11.3 Å². The van der Waals surface area contributed by atoms with Crippen molar-refractivity contribution in [3.63, 3.8) is 0 Å². The van der Waals surface area contributed by atoms with Crippen LogP contribution in [0.25, 0.3) is 110 Å². The van der Waals surface area contributed by atoms with Crippen LogP contribution in [0.2, 0.25) is 0 Å². The molecule has 0 bridgehead atoms. The first-order valence-corrected chi connectivity index (χ1v) is 39.5. The third-order valence-electron chi connectivity index (χ3n) is 23.3. The summed E-state index contributed by atoms with van der Waals surface area (Å²) in [4.78, 5) is 9.46. The second-order valence-corrected chi connectivity index (χ2v) is 36.1. The Labute approximate surface area is 662 Å². The Balaban J connectivity index is 1.09. The predicted molar refractivity (Wildman–Crippen MR) is 477 cm³/mol. The molecule has 15 aromatic rings. The molecule has 0 unspecified atom stereocenters. The average Bonchev–Trinajstić information content (AvgIpc) is 0.741. The van der Waals surface area contributed by atoms with E-state index in [0.717, 1.165) is 129 Å². The van der Waals surface area contributed by atoms with Crippen LogP contribution in [0.4, 0.5) is 39.8 Å². The van der Waals surface area contributed by atoms with Gasteiger partial charge in [-0.3, -0.25) is 0 Å². The topological polar surface area (TPSA) is 39.6 Å². The number of anilines is 6. The van der Waals surface area contributed by atoms with E-state index in [2.05, 4.69) is 396 Å². The highest BCUT2D eigenvalue weighted by molar-refractivity contribution is 7.00. The van der Waals surface area contributed by atoms with E-state index < -0.39 is 5.41 Å². The van der Waals surface area contributed by atoms with Crippen LogP contribution in [-0.4, -0.2) is 11.3 Å². The van der Waals surface area contributed by atoms with Crippen molar-refractivity contribution in [1.29, 1.82) is 5.26 Å². The van der Waals surface area contributed by atoms with E-state index in [1.807, 2.05) is 30.3 Å². The van der Waals surface area contributed by atoms with Crippen LogP contribution in [0.15, 0.2) is 297 Å². The minimum atomic E-state index is -0.412. The summed E-state index contributed by atoms with van der Waals surface area (Å²) in [5.74, 6) is 0. The lowest BCUT2D eigenvalue weighted by molar-refractivity contribution is 0.590. The Hall–Kier alpha value is -12.5. The highest BCUT2D eigenvalue weighted by Gasteiger charge is 2.47. The van der Waals surface area contributed by atoms with Crippen LogP contribution in [0.1, 0.15) is 137 Å². The largest absolute Gasteiger partial charge is 0.310 e. The lowest BCUT2D eigenvalue weighted by atomic mass is 9.33. The van der Waals surface area contributed by atoms with Gasteiger partial charge in [0.2, 0.25) is 0 Å². The van der Waals surface area contributed by atoms with Crippen molar-refractivity contribution in [3.05, 3.63) is 342 Å². The molecule has 2 aliphatic rings. The number of hydrogen-bond donors (Lipinski definition) is 0. The molecule has 0 saturated heterocycles. The van der Waals surface area contributed by atoms with Gasteiger partial charge >= 0.3 is 0 Å². The summed E-state index contributed by atoms with van der Waals surface area (Å²) >= 11 is 0. The molecule has 2 aliphatic heterocycles. The highest BCUT2D eigenvalue weighted by Crippen LogP contribution is 2.57. The Morgan fingerprint density at radius 2 is 0.679 bits per heavy atom. The SMILES string of the molecule is [C-]#[N+]c1cccc(-c2cc(-c3cccc(C(C)(C)C)c3)c(N3c4cc(-n5c6ccccc6c6ccccc65)ccc4B4c5ccc(-c6ccccc6)cc5N(c5c(-c6cccc(C(C)(C)C)c6)cc(-c6cccc(C#N)c6)cc5-c5cccc(C(C)(C)C)c5)c5cc(C(C)(C)C)cc3c54)c(-c3cccc(C(C)(C)C)c3)c2)c1. The Kier molecular flexibility index (Phi) is 17.6. The molecular formula is C106H94BN5. The molecule has 0 N–H and O–H groups in total. The molecule has 112 heavy (non-hydrogen) atoms. The van der Waals surface area contributed by atoms with E-state index in [4.69, 9.17) is 6.57 Å². The number of hydrogen-bond acceptors (Lipinski definition) is 3. The van der Waals surface area contributed by atoms with Crippen molar-refractivity contribution >= 4 is 84.7 Å².